The van der Waals surface area contributed by atoms with E-state index in [2.05, 4.69) is 26.8 Å². The Labute approximate surface area is 98.3 Å². The molecule has 0 aliphatic heterocycles. The molecule has 1 spiro atoms. The summed E-state index contributed by atoms with van der Waals surface area (Å²) >= 11 is 0. The standard InChI is InChI=1S/C15H22O/c1-10-6-7-15-8-12(10)14(2,3)13(15)5-4-11(15)9-16/h6,9,11-13H,4-5,7-8H2,1-3H3/t11-,12-,13?,15-/m0/s1. The van der Waals surface area contributed by atoms with E-state index in [1.807, 2.05) is 0 Å². The van der Waals surface area contributed by atoms with Gasteiger partial charge in [-0.15, -0.1) is 0 Å². The molecule has 0 N–H and O–H groups in total. The van der Waals surface area contributed by atoms with Crippen LogP contribution in [0.4, 0.5) is 0 Å². The van der Waals surface area contributed by atoms with E-state index in [-0.39, 0.29) is 0 Å². The molecular formula is C15H22O. The van der Waals surface area contributed by atoms with E-state index in [4.69, 9.17) is 0 Å². The summed E-state index contributed by atoms with van der Waals surface area (Å²) in [5.74, 6) is 1.84. The molecule has 0 saturated heterocycles. The number of carbonyl (C=O) groups is 1. The van der Waals surface area contributed by atoms with Crippen molar-refractivity contribution in [2.24, 2.45) is 28.6 Å². The summed E-state index contributed by atoms with van der Waals surface area (Å²) in [6.45, 7) is 7.15. The highest BCUT2D eigenvalue weighted by atomic mass is 16.1. The van der Waals surface area contributed by atoms with Crippen LogP contribution in [-0.2, 0) is 4.79 Å². The van der Waals surface area contributed by atoms with Crippen LogP contribution in [0.5, 0.6) is 0 Å². The summed E-state index contributed by atoms with van der Waals surface area (Å²) in [6, 6.07) is 0. The van der Waals surface area contributed by atoms with Gasteiger partial charge in [-0.3, -0.25) is 0 Å². The topological polar surface area (TPSA) is 17.1 Å². The first-order valence-corrected chi connectivity index (χ1v) is 6.64. The summed E-state index contributed by atoms with van der Waals surface area (Å²) in [5, 5.41) is 0. The number of hydrogen-bond donors (Lipinski definition) is 0. The van der Waals surface area contributed by atoms with Crippen molar-refractivity contribution in [3.63, 3.8) is 0 Å². The van der Waals surface area contributed by atoms with Gasteiger partial charge in [-0.2, -0.15) is 0 Å². The van der Waals surface area contributed by atoms with Crippen molar-refractivity contribution in [2.75, 3.05) is 0 Å². The van der Waals surface area contributed by atoms with E-state index < -0.39 is 0 Å². The number of rotatable bonds is 1. The van der Waals surface area contributed by atoms with Crippen molar-refractivity contribution in [3.8, 4) is 0 Å². The first-order valence-electron chi connectivity index (χ1n) is 6.64. The van der Waals surface area contributed by atoms with Crippen LogP contribution in [0.3, 0.4) is 0 Å². The molecule has 1 heteroatoms. The van der Waals surface area contributed by atoms with E-state index in [0.717, 1.165) is 24.7 Å². The Morgan fingerprint density at radius 1 is 1.38 bits per heavy atom. The molecule has 16 heavy (non-hydrogen) atoms. The number of hydrogen-bond acceptors (Lipinski definition) is 1. The third kappa shape index (κ3) is 1.00. The van der Waals surface area contributed by atoms with Crippen molar-refractivity contribution >= 4 is 6.29 Å². The molecule has 2 fully saturated rings. The molecular weight excluding hydrogens is 196 g/mol. The maximum atomic E-state index is 11.3. The normalized spacial score (nSPS) is 48.7. The Hall–Kier alpha value is -0.590. The minimum Gasteiger partial charge on any atom is -0.303 e. The van der Waals surface area contributed by atoms with E-state index >= 15 is 0 Å². The minimum atomic E-state index is 0.339. The molecule has 2 saturated carbocycles. The van der Waals surface area contributed by atoms with Crippen LogP contribution in [0, 0.1) is 28.6 Å². The highest BCUT2D eigenvalue weighted by Crippen LogP contribution is 2.70. The fraction of sp³-hybridized carbons (Fsp3) is 0.800. The number of fused-ring (bicyclic) bond motifs is 1. The molecule has 3 aliphatic rings. The molecule has 1 nitrogen and oxygen atoms in total. The van der Waals surface area contributed by atoms with Gasteiger partial charge in [-0.05, 0) is 55.3 Å². The smallest absolute Gasteiger partial charge is 0.123 e. The molecule has 4 atom stereocenters. The molecule has 1 unspecified atom stereocenters. The predicted molar refractivity (Wildman–Crippen MR) is 65.0 cm³/mol. The quantitative estimate of drug-likeness (QED) is 0.485. The van der Waals surface area contributed by atoms with Crippen LogP contribution in [0.25, 0.3) is 0 Å². The molecule has 0 heterocycles. The molecule has 88 valence electrons. The second-order valence-electron chi connectivity index (χ2n) is 6.84. The summed E-state index contributed by atoms with van der Waals surface area (Å²) < 4.78 is 0. The summed E-state index contributed by atoms with van der Waals surface area (Å²) in [5.41, 5.74) is 2.33. The molecule has 0 aromatic carbocycles. The van der Waals surface area contributed by atoms with E-state index in [0.29, 0.717) is 16.7 Å². The maximum Gasteiger partial charge on any atom is 0.123 e. The van der Waals surface area contributed by atoms with Gasteiger partial charge in [0.15, 0.2) is 0 Å². The highest BCUT2D eigenvalue weighted by molar-refractivity contribution is 5.57. The lowest BCUT2D eigenvalue weighted by atomic mass is 9.68. The van der Waals surface area contributed by atoms with Crippen LogP contribution < -0.4 is 0 Å². The number of carbonyl (C=O) groups excluding carboxylic acids is 1. The summed E-state index contributed by atoms with van der Waals surface area (Å²) in [4.78, 5) is 11.3. The van der Waals surface area contributed by atoms with Crippen LogP contribution >= 0.6 is 0 Å². The third-order valence-corrected chi connectivity index (χ3v) is 6.10. The third-order valence-electron chi connectivity index (χ3n) is 6.10. The average molecular weight is 218 g/mol. The molecule has 3 rings (SSSR count). The molecule has 0 aromatic rings. The Kier molecular flexibility index (Phi) is 1.98. The van der Waals surface area contributed by atoms with Gasteiger partial charge in [-0.25, -0.2) is 0 Å². The van der Waals surface area contributed by atoms with E-state index in [1.54, 1.807) is 5.57 Å². The lowest BCUT2D eigenvalue weighted by Crippen LogP contribution is -2.32. The van der Waals surface area contributed by atoms with Gasteiger partial charge in [0, 0.05) is 5.92 Å². The Balaban J connectivity index is 2.10. The van der Waals surface area contributed by atoms with Gasteiger partial charge in [0.1, 0.15) is 6.29 Å². The second-order valence-corrected chi connectivity index (χ2v) is 6.84. The SMILES string of the molecule is CC1=CC[C@@]23C[C@@H]1C(C)(C)C2CC[C@H]3C=O. The van der Waals surface area contributed by atoms with Crippen molar-refractivity contribution in [1.29, 1.82) is 0 Å². The Bertz CT molecular complexity index is 366. The maximum absolute atomic E-state index is 11.3. The fourth-order valence-corrected chi connectivity index (χ4v) is 5.29. The van der Waals surface area contributed by atoms with Gasteiger partial charge in [0.05, 0.1) is 0 Å². The number of aldehydes is 1. The predicted octanol–water partition coefficient (Wildman–Crippen LogP) is 3.59. The Morgan fingerprint density at radius 2 is 2.12 bits per heavy atom. The van der Waals surface area contributed by atoms with Crippen LogP contribution in [-0.4, -0.2) is 6.29 Å². The Morgan fingerprint density at radius 3 is 2.81 bits per heavy atom. The molecule has 0 radical (unpaired) electrons. The van der Waals surface area contributed by atoms with Crippen LogP contribution in [0.15, 0.2) is 11.6 Å². The molecule has 0 aromatic heterocycles. The average Bonchev–Trinajstić information content (AvgIpc) is 2.68. The second kappa shape index (κ2) is 3.00. The van der Waals surface area contributed by atoms with Gasteiger partial charge >= 0.3 is 0 Å². The van der Waals surface area contributed by atoms with Gasteiger partial charge < -0.3 is 4.79 Å². The lowest BCUT2D eigenvalue weighted by Gasteiger charge is -2.36. The zero-order chi connectivity index (χ0) is 11.6. The van der Waals surface area contributed by atoms with E-state index in [1.165, 1.54) is 19.1 Å². The van der Waals surface area contributed by atoms with Gasteiger partial charge in [0.2, 0.25) is 0 Å². The summed E-state index contributed by atoms with van der Waals surface area (Å²) in [6.07, 6.45) is 8.53. The van der Waals surface area contributed by atoms with Crippen molar-refractivity contribution in [2.45, 2.75) is 46.5 Å². The molecule has 2 bridgehead atoms. The highest BCUT2D eigenvalue weighted by Gasteiger charge is 2.64. The molecule has 3 aliphatic carbocycles. The molecule has 0 amide bonds. The zero-order valence-corrected chi connectivity index (χ0v) is 10.6. The zero-order valence-electron chi connectivity index (χ0n) is 10.6. The van der Waals surface area contributed by atoms with Crippen LogP contribution in [0.2, 0.25) is 0 Å². The summed E-state index contributed by atoms with van der Waals surface area (Å²) in [7, 11) is 0. The van der Waals surface area contributed by atoms with Crippen LogP contribution in [0.1, 0.15) is 46.5 Å². The largest absolute Gasteiger partial charge is 0.303 e. The van der Waals surface area contributed by atoms with Crippen molar-refractivity contribution in [1.82, 2.24) is 0 Å². The first kappa shape index (κ1) is 10.6. The van der Waals surface area contributed by atoms with Crippen molar-refractivity contribution in [3.05, 3.63) is 11.6 Å². The monoisotopic (exact) mass is 218 g/mol. The number of allylic oxidation sites excluding steroid dienone is 2. The van der Waals surface area contributed by atoms with E-state index in [9.17, 15) is 4.79 Å². The fourth-order valence-electron chi connectivity index (χ4n) is 5.29. The lowest BCUT2D eigenvalue weighted by molar-refractivity contribution is -0.114. The van der Waals surface area contributed by atoms with Gasteiger partial charge in [-0.1, -0.05) is 25.5 Å². The van der Waals surface area contributed by atoms with Gasteiger partial charge in [0.25, 0.3) is 0 Å². The minimum absolute atomic E-state index is 0.339. The van der Waals surface area contributed by atoms with Crippen molar-refractivity contribution < 1.29 is 4.79 Å². The first-order chi connectivity index (χ1) is 7.52.